The van der Waals surface area contributed by atoms with E-state index in [-0.39, 0.29) is 19.1 Å². The summed E-state index contributed by atoms with van der Waals surface area (Å²) in [4.78, 5) is 30.7. The lowest BCUT2D eigenvalue weighted by Crippen LogP contribution is -2.43. The van der Waals surface area contributed by atoms with E-state index in [1.54, 1.807) is 35.8 Å². The Bertz CT molecular complexity index is 1060. The topological polar surface area (TPSA) is 71.5 Å². The molecule has 0 saturated carbocycles. The molecule has 0 atom stereocenters. The number of aromatic nitrogens is 1. The third-order valence-electron chi connectivity index (χ3n) is 4.13. The molecule has 1 N–H and O–H groups in total. The summed E-state index contributed by atoms with van der Waals surface area (Å²) in [5, 5.41) is 5.40. The maximum absolute atomic E-state index is 12.6. The fourth-order valence-corrected chi connectivity index (χ4v) is 3.71. The van der Waals surface area contributed by atoms with E-state index in [0.717, 1.165) is 11.3 Å². The Labute approximate surface area is 174 Å². The van der Waals surface area contributed by atoms with Crippen LogP contribution in [0, 0.1) is 0 Å². The third kappa shape index (κ3) is 3.82. The number of ether oxygens (including phenoxy) is 1. The molecule has 4 rings (SSSR count). The molecule has 6 nitrogen and oxygen atoms in total. The summed E-state index contributed by atoms with van der Waals surface area (Å²) < 4.78 is 5.49. The van der Waals surface area contributed by atoms with Crippen LogP contribution < -0.4 is 15.0 Å². The smallest absolute Gasteiger partial charge is 0.265 e. The number of nitrogens with one attached hydrogen (secondary N) is 1. The standard InChI is InChI=1S/C19H13Cl2N3O3S/c20-12-2-3-13(21)14(6-12)23-18(25)7-24-16-5-11(15-9-28-10-22-15)1-4-17(16)27-8-19(24)26/h1-6,9-10H,7-8H2,(H,23,25). The summed E-state index contributed by atoms with van der Waals surface area (Å²) >= 11 is 13.5. The lowest BCUT2D eigenvalue weighted by Gasteiger charge is -2.29. The van der Waals surface area contributed by atoms with Crippen molar-refractivity contribution in [3.63, 3.8) is 0 Å². The molecule has 9 heteroatoms. The van der Waals surface area contributed by atoms with Gasteiger partial charge in [-0.25, -0.2) is 4.98 Å². The summed E-state index contributed by atoms with van der Waals surface area (Å²) in [6.07, 6.45) is 0. The van der Waals surface area contributed by atoms with Gasteiger partial charge in [0.05, 0.1) is 27.6 Å². The average molecular weight is 434 g/mol. The third-order valence-corrected chi connectivity index (χ3v) is 5.29. The number of carbonyl (C=O) groups excluding carboxylic acids is 2. The number of benzene rings is 2. The molecule has 28 heavy (non-hydrogen) atoms. The Kier molecular flexibility index (Phi) is 5.21. The highest BCUT2D eigenvalue weighted by Gasteiger charge is 2.28. The number of rotatable bonds is 4. The van der Waals surface area contributed by atoms with E-state index in [1.165, 1.54) is 16.2 Å². The molecule has 142 valence electrons. The van der Waals surface area contributed by atoms with Crippen molar-refractivity contribution in [3.05, 3.63) is 57.3 Å². The second-order valence-electron chi connectivity index (χ2n) is 6.00. The molecular formula is C19H13Cl2N3O3S. The van der Waals surface area contributed by atoms with Gasteiger partial charge in [0.15, 0.2) is 6.61 Å². The number of carbonyl (C=O) groups is 2. The highest BCUT2D eigenvalue weighted by Crippen LogP contribution is 2.36. The number of hydrogen-bond donors (Lipinski definition) is 1. The number of anilines is 2. The van der Waals surface area contributed by atoms with E-state index in [0.29, 0.717) is 27.2 Å². The minimum absolute atomic E-state index is 0.131. The molecule has 2 heterocycles. The van der Waals surface area contributed by atoms with Gasteiger partial charge < -0.3 is 10.1 Å². The Morgan fingerprint density at radius 1 is 1.25 bits per heavy atom. The minimum atomic E-state index is -0.399. The van der Waals surface area contributed by atoms with Crippen molar-refractivity contribution in [2.75, 3.05) is 23.4 Å². The van der Waals surface area contributed by atoms with Gasteiger partial charge in [0, 0.05) is 16.0 Å². The zero-order valence-corrected chi connectivity index (χ0v) is 16.6. The predicted molar refractivity (Wildman–Crippen MR) is 110 cm³/mol. The Morgan fingerprint density at radius 3 is 2.89 bits per heavy atom. The summed E-state index contributed by atoms with van der Waals surface area (Å²) in [6, 6.07) is 10.2. The van der Waals surface area contributed by atoms with E-state index in [9.17, 15) is 9.59 Å². The lowest BCUT2D eigenvalue weighted by molar-refractivity contribution is -0.123. The second-order valence-corrected chi connectivity index (χ2v) is 7.56. The van der Waals surface area contributed by atoms with Gasteiger partial charge in [-0.3, -0.25) is 14.5 Å². The number of hydrogen-bond acceptors (Lipinski definition) is 5. The van der Waals surface area contributed by atoms with Crippen LogP contribution >= 0.6 is 34.5 Å². The number of fused-ring (bicyclic) bond motifs is 1. The van der Waals surface area contributed by atoms with Crippen LogP contribution in [0.15, 0.2) is 47.3 Å². The van der Waals surface area contributed by atoms with Crippen molar-refractivity contribution in [3.8, 4) is 17.0 Å². The second kappa shape index (κ2) is 7.79. The van der Waals surface area contributed by atoms with Crippen molar-refractivity contribution >= 4 is 57.7 Å². The molecule has 0 saturated heterocycles. The van der Waals surface area contributed by atoms with Gasteiger partial charge in [0.1, 0.15) is 12.3 Å². The van der Waals surface area contributed by atoms with Gasteiger partial charge in [0.2, 0.25) is 5.91 Å². The van der Waals surface area contributed by atoms with Crippen LogP contribution in [0.2, 0.25) is 10.0 Å². The average Bonchev–Trinajstić information content (AvgIpc) is 3.21. The molecule has 3 aromatic rings. The van der Waals surface area contributed by atoms with Crippen molar-refractivity contribution in [2.45, 2.75) is 0 Å². The van der Waals surface area contributed by atoms with Crippen LogP contribution in [0.5, 0.6) is 5.75 Å². The van der Waals surface area contributed by atoms with Crippen LogP contribution in [0.3, 0.4) is 0 Å². The van der Waals surface area contributed by atoms with E-state index in [4.69, 9.17) is 27.9 Å². The summed E-state index contributed by atoms with van der Waals surface area (Å²) in [5.74, 6) is -0.174. The Hall–Kier alpha value is -2.61. The number of halogens is 2. The van der Waals surface area contributed by atoms with Crippen LogP contribution in [0.4, 0.5) is 11.4 Å². The van der Waals surface area contributed by atoms with Gasteiger partial charge in [-0.2, -0.15) is 0 Å². The first kappa shape index (κ1) is 18.7. The molecule has 0 fully saturated rings. The van der Waals surface area contributed by atoms with Crippen LogP contribution in [0.25, 0.3) is 11.3 Å². The molecule has 0 unspecified atom stereocenters. The van der Waals surface area contributed by atoms with Crippen LogP contribution in [0.1, 0.15) is 0 Å². The zero-order valence-electron chi connectivity index (χ0n) is 14.3. The molecule has 1 aliphatic heterocycles. The van der Waals surface area contributed by atoms with E-state index >= 15 is 0 Å². The SMILES string of the molecule is O=C(CN1C(=O)COc2ccc(-c3cscn3)cc21)Nc1cc(Cl)ccc1Cl. The lowest BCUT2D eigenvalue weighted by atomic mass is 10.1. The van der Waals surface area contributed by atoms with Crippen molar-refractivity contribution in [1.82, 2.24) is 4.98 Å². The van der Waals surface area contributed by atoms with Gasteiger partial charge in [0.25, 0.3) is 5.91 Å². The highest BCUT2D eigenvalue weighted by molar-refractivity contribution is 7.07. The number of nitrogens with zero attached hydrogens (tertiary/aromatic N) is 2. The first-order valence-corrected chi connectivity index (χ1v) is 9.92. The molecule has 0 spiro atoms. The van der Waals surface area contributed by atoms with Gasteiger partial charge in [-0.15, -0.1) is 11.3 Å². The van der Waals surface area contributed by atoms with E-state index < -0.39 is 5.91 Å². The van der Waals surface area contributed by atoms with Crippen LogP contribution in [-0.2, 0) is 9.59 Å². The highest BCUT2D eigenvalue weighted by atomic mass is 35.5. The fraction of sp³-hybridized carbons (Fsp3) is 0.105. The quantitative estimate of drug-likeness (QED) is 0.658. The monoisotopic (exact) mass is 433 g/mol. The largest absolute Gasteiger partial charge is 0.482 e. The fourth-order valence-electron chi connectivity index (χ4n) is 2.82. The Balaban J connectivity index is 1.59. The Morgan fingerprint density at radius 2 is 2.11 bits per heavy atom. The molecule has 0 bridgehead atoms. The maximum Gasteiger partial charge on any atom is 0.265 e. The summed E-state index contributed by atoms with van der Waals surface area (Å²) in [5.41, 5.74) is 4.27. The van der Waals surface area contributed by atoms with E-state index in [2.05, 4.69) is 10.3 Å². The first-order valence-electron chi connectivity index (χ1n) is 8.22. The number of amides is 2. The molecule has 0 aliphatic carbocycles. The first-order chi connectivity index (χ1) is 13.5. The molecule has 2 amide bonds. The maximum atomic E-state index is 12.6. The molecule has 2 aromatic carbocycles. The van der Waals surface area contributed by atoms with E-state index in [1.807, 2.05) is 11.4 Å². The van der Waals surface area contributed by atoms with Gasteiger partial charge in [-0.05, 0) is 36.4 Å². The predicted octanol–water partition coefficient (Wildman–Crippen LogP) is 4.48. The number of thiazole rings is 1. The summed E-state index contributed by atoms with van der Waals surface area (Å²) in [7, 11) is 0. The van der Waals surface area contributed by atoms with Crippen molar-refractivity contribution in [1.29, 1.82) is 0 Å². The minimum Gasteiger partial charge on any atom is -0.482 e. The molecule has 0 radical (unpaired) electrons. The van der Waals surface area contributed by atoms with Crippen molar-refractivity contribution < 1.29 is 14.3 Å². The van der Waals surface area contributed by atoms with Crippen LogP contribution in [-0.4, -0.2) is 29.9 Å². The van der Waals surface area contributed by atoms with Gasteiger partial charge in [-0.1, -0.05) is 23.2 Å². The van der Waals surface area contributed by atoms with Crippen molar-refractivity contribution in [2.24, 2.45) is 0 Å². The molecule has 1 aromatic heterocycles. The molecule has 1 aliphatic rings. The zero-order chi connectivity index (χ0) is 19.7. The van der Waals surface area contributed by atoms with Gasteiger partial charge >= 0.3 is 0 Å². The summed E-state index contributed by atoms with van der Waals surface area (Å²) in [6.45, 7) is -0.313. The molecular weight excluding hydrogens is 421 g/mol. The normalized spacial score (nSPS) is 13.1.